The van der Waals surface area contributed by atoms with Crippen molar-refractivity contribution in [3.63, 3.8) is 0 Å². The Kier molecular flexibility index (Phi) is 7.20. The summed E-state index contributed by atoms with van der Waals surface area (Å²) < 4.78 is 44.6. The molecule has 0 aliphatic heterocycles. The molecule has 1 heterocycles. The number of anilines is 3. The van der Waals surface area contributed by atoms with Gasteiger partial charge in [-0.1, -0.05) is 164 Å². The zero-order valence-corrected chi connectivity index (χ0v) is 31.4. The molecule has 0 saturated heterocycles. The fraction of sp³-hybridized carbons (Fsp3) is 0. The van der Waals surface area contributed by atoms with Gasteiger partial charge in [-0.2, -0.15) is 0 Å². The third-order valence-corrected chi connectivity index (χ3v) is 11.1. The number of hydrogen-bond donors (Lipinski definition) is 0. The average molecular weight is 744 g/mol. The molecule has 2 nitrogen and oxygen atoms in total. The monoisotopic (exact) mass is 743 g/mol. The molecular formula is C56H37NO. The lowest BCUT2D eigenvalue weighted by molar-refractivity contribution is 0.672. The molecule has 58 heavy (non-hydrogen) atoms. The van der Waals surface area contributed by atoms with Crippen LogP contribution in [0.2, 0.25) is 0 Å². The van der Waals surface area contributed by atoms with Gasteiger partial charge in [0.25, 0.3) is 0 Å². The molecule has 0 aliphatic rings. The zero-order chi connectivity index (χ0) is 41.9. The molecule has 0 unspecified atom stereocenters. The smallest absolute Gasteiger partial charge is 0.143 e. The van der Waals surface area contributed by atoms with Crippen LogP contribution in [0.1, 0.15) is 5.48 Å². The van der Waals surface area contributed by atoms with Crippen LogP contribution in [0.25, 0.3) is 88.0 Å². The highest BCUT2D eigenvalue weighted by molar-refractivity contribution is 6.15. The van der Waals surface area contributed by atoms with E-state index in [0.29, 0.717) is 11.3 Å². The van der Waals surface area contributed by atoms with E-state index in [4.69, 9.17) is 4.42 Å². The second-order valence-electron chi connectivity index (χ2n) is 14.6. The van der Waals surface area contributed by atoms with Gasteiger partial charge >= 0.3 is 0 Å². The number of benzene rings is 10. The molecule has 11 rings (SSSR count). The van der Waals surface area contributed by atoms with Crippen LogP contribution < -0.4 is 4.90 Å². The van der Waals surface area contributed by atoms with Crippen molar-refractivity contribution < 1.29 is 9.90 Å². The number of hydrogen-bond acceptors (Lipinski definition) is 2. The number of rotatable bonds is 7. The minimum Gasteiger partial charge on any atom is -0.455 e. The molecule has 2 heteroatoms. The van der Waals surface area contributed by atoms with Crippen LogP contribution in [0.3, 0.4) is 0 Å². The molecule has 0 bridgehead atoms. The summed E-state index contributed by atoms with van der Waals surface area (Å²) in [5.74, 6) is 0. The van der Waals surface area contributed by atoms with E-state index < -0.39 is 0 Å². The van der Waals surface area contributed by atoms with Gasteiger partial charge < -0.3 is 9.32 Å². The Balaban J connectivity index is 1.07. The standard InChI is InChI=1S/C56H37NO/c1-2-10-38(11-3-1)40-18-20-41(21-19-40)42-24-30-48(31-25-42)57(49-32-26-43(27-33-49)45-23-22-39-12-4-5-13-44(39)36-45)54-16-8-6-14-50(54)46-28-34-51-47(37-46)29-35-53-52-15-7-9-17-55(52)58-56(51)53/h1-37H/i24D,25D,30D,31D. The van der Waals surface area contributed by atoms with E-state index in [2.05, 4.69) is 78.9 Å². The molecule has 0 amide bonds. The molecule has 0 atom stereocenters. The van der Waals surface area contributed by atoms with Crippen molar-refractivity contribution in [1.82, 2.24) is 0 Å². The second-order valence-corrected chi connectivity index (χ2v) is 14.6. The minimum atomic E-state index is -0.132. The average Bonchev–Trinajstić information content (AvgIpc) is 3.72. The first-order valence-electron chi connectivity index (χ1n) is 21.5. The van der Waals surface area contributed by atoms with E-state index in [0.717, 1.165) is 77.2 Å². The third-order valence-electron chi connectivity index (χ3n) is 11.1. The van der Waals surface area contributed by atoms with Gasteiger partial charge in [0.05, 0.1) is 11.2 Å². The second kappa shape index (κ2) is 14.1. The van der Waals surface area contributed by atoms with Crippen molar-refractivity contribution in [2.75, 3.05) is 4.90 Å². The van der Waals surface area contributed by atoms with E-state index in [1.54, 1.807) is 0 Å². The summed E-state index contributed by atoms with van der Waals surface area (Å²) in [6.45, 7) is 0. The number of nitrogens with zero attached hydrogens (tertiary/aromatic N) is 1. The van der Waals surface area contributed by atoms with Crippen molar-refractivity contribution in [1.29, 1.82) is 0 Å². The molecular weight excluding hydrogens is 703 g/mol. The summed E-state index contributed by atoms with van der Waals surface area (Å²) >= 11 is 0. The van der Waals surface area contributed by atoms with Gasteiger partial charge in [-0.15, -0.1) is 0 Å². The van der Waals surface area contributed by atoms with Gasteiger partial charge in [-0.05, 0) is 116 Å². The molecule has 10 aromatic carbocycles. The summed E-state index contributed by atoms with van der Waals surface area (Å²) in [6, 6.07) is 66.8. The van der Waals surface area contributed by atoms with Crippen molar-refractivity contribution in [2.24, 2.45) is 0 Å². The minimum absolute atomic E-state index is 0.107. The van der Waals surface area contributed by atoms with E-state index in [-0.39, 0.29) is 35.4 Å². The molecule has 0 spiro atoms. The van der Waals surface area contributed by atoms with Crippen LogP contribution in [-0.4, -0.2) is 0 Å². The first-order chi connectivity index (χ1) is 30.4. The van der Waals surface area contributed by atoms with Crippen molar-refractivity contribution >= 4 is 60.5 Å². The zero-order valence-electron chi connectivity index (χ0n) is 35.4. The lowest BCUT2D eigenvalue weighted by atomic mass is 9.97. The summed E-state index contributed by atoms with van der Waals surface area (Å²) in [7, 11) is 0. The fourth-order valence-corrected chi connectivity index (χ4v) is 8.17. The van der Waals surface area contributed by atoms with Crippen LogP contribution in [0, 0.1) is 0 Å². The molecule has 1 aromatic heterocycles. The first kappa shape index (κ1) is 29.6. The Bertz CT molecular complexity index is 3480. The maximum absolute atomic E-state index is 9.65. The topological polar surface area (TPSA) is 16.4 Å². The summed E-state index contributed by atoms with van der Waals surface area (Å²) in [5.41, 5.74) is 10.1. The highest BCUT2D eigenvalue weighted by Gasteiger charge is 2.19. The normalized spacial score (nSPS) is 12.4. The number of fused-ring (bicyclic) bond motifs is 6. The lowest BCUT2D eigenvalue weighted by Gasteiger charge is -2.28. The Hall–Kier alpha value is -7.68. The van der Waals surface area contributed by atoms with Crippen LogP contribution in [0.4, 0.5) is 17.1 Å². The van der Waals surface area contributed by atoms with E-state index in [1.165, 1.54) is 5.39 Å². The predicted octanol–water partition coefficient (Wildman–Crippen LogP) is 16.0. The Labute approximate surface area is 343 Å². The Morgan fingerprint density at radius 3 is 1.74 bits per heavy atom. The maximum Gasteiger partial charge on any atom is 0.143 e. The summed E-state index contributed by atoms with van der Waals surface area (Å²) in [4.78, 5) is 1.88. The highest BCUT2D eigenvalue weighted by atomic mass is 16.3. The van der Waals surface area contributed by atoms with Gasteiger partial charge in [0.15, 0.2) is 0 Å². The first-order valence-corrected chi connectivity index (χ1v) is 19.5. The van der Waals surface area contributed by atoms with E-state index >= 15 is 0 Å². The summed E-state index contributed by atoms with van der Waals surface area (Å²) in [6.07, 6.45) is 0. The Morgan fingerprint density at radius 1 is 0.345 bits per heavy atom. The highest BCUT2D eigenvalue weighted by Crippen LogP contribution is 2.43. The molecule has 272 valence electrons. The van der Waals surface area contributed by atoms with E-state index in [9.17, 15) is 5.48 Å². The fourth-order valence-electron chi connectivity index (χ4n) is 8.17. The molecule has 0 aliphatic carbocycles. The predicted molar refractivity (Wildman–Crippen MR) is 245 cm³/mol. The molecule has 0 saturated carbocycles. The van der Waals surface area contributed by atoms with E-state index in [1.807, 2.05) is 126 Å². The maximum atomic E-state index is 9.65. The molecule has 0 radical (unpaired) electrons. The SMILES string of the molecule is [2H]c1c([2H])c(N(c2ccc(-c3ccc4ccccc4c3)cc2)c2ccccc2-c2ccc3c(ccc4c5ccccc5oc34)c2)c([2H])c([2H])c1-c1ccc(-c2ccccc2)cc1. The van der Waals surface area contributed by atoms with Gasteiger partial charge in [-0.25, -0.2) is 0 Å². The number of para-hydroxylation sites is 2. The number of furan rings is 1. The molecule has 0 fully saturated rings. The van der Waals surface area contributed by atoms with Crippen molar-refractivity contribution in [3.8, 4) is 44.5 Å². The van der Waals surface area contributed by atoms with Crippen LogP contribution >= 0.6 is 0 Å². The quantitative estimate of drug-likeness (QED) is 0.162. The van der Waals surface area contributed by atoms with Crippen LogP contribution in [-0.2, 0) is 0 Å². The summed E-state index contributed by atoms with van der Waals surface area (Å²) in [5, 5.41) is 6.49. The Morgan fingerprint density at radius 2 is 0.914 bits per heavy atom. The lowest BCUT2D eigenvalue weighted by Crippen LogP contribution is -2.11. The largest absolute Gasteiger partial charge is 0.455 e. The van der Waals surface area contributed by atoms with Gasteiger partial charge in [-0.3, -0.25) is 0 Å². The van der Waals surface area contributed by atoms with Crippen molar-refractivity contribution in [2.45, 2.75) is 0 Å². The van der Waals surface area contributed by atoms with Crippen LogP contribution in [0.15, 0.2) is 229 Å². The van der Waals surface area contributed by atoms with Crippen LogP contribution in [0.5, 0.6) is 0 Å². The molecule has 0 N–H and O–H groups in total. The van der Waals surface area contributed by atoms with Gasteiger partial charge in [0.1, 0.15) is 11.2 Å². The third kappa shape index (κ3) is 6.00. The van der Waals surface area contributed by atoms with Gasteiger partial charge in [0.2, 0.25) is 0 Å². The molecule has 11 aromatic rings. The van der Waals surface area contributed by atoms with Gasteiger partial charge in [0, 0.05) is 33.1 Å². The van der Waals surface area contributed by atoms with Crippen molar-refractivity contribution in [3.05, 3.63) is 224 Å².